The van der Waals surface area contributed by atoms with Crippen molar-refractivity contribution in [2.45, 2.75) is 178 Å². The average molecular weight is 1190 g/mol. The third kappa shape index (κ3) is 18.6. The number of thiazole rings is 2. The Kier molecular flexibility index (Phi) is 21.2. The molecule has 18 nitrogen and oxygen atoms in total. The summed E-state index contributed by atoms with van der Waals surface area (Å²) >= 11 is 5.85. The molecule has 2 heterocycles. The predicted octanol–water partition coefficient (Wildman–Crippen LogP) is 11.7. The molecule has 0 atom stereocenters. The lowest BCUT2D eigenvalue weighted by Gasteiger charge is -2.29. The number of benzene rings is 3. The number of amides is 5. The molecule has 76 heavy (non-hydrogen) atoms. The maximum absolute atomic E-state index is 13.6. The topological polar surface area (TPSA) is 265 Å². The molecule has 2 aromatic heterocycles. The first-order valence-corrected chi connectivity index (χ1v) is 30.3. The van der Waals surface area contributed by atoms with Gasteiger partial charge >= 0.3 is 18.2 Å². The molecule has 5 amide bonds. The summed E-state index contributed by atoms with van der Waals surface area (Å²) in [7, 11) is -7.81. The fraction of sp³-hybridized carbons (Fsp3) is 0.491. The monoisotopic (exact) mass is 1190 g/mol. The Morgan fingerprint density at radius 2 is 1.11 bits per heavy atom. The zero-order valence-corrected chi connectivity index (χ0v) is 48.8. The minimum absolute atomic E-state index is 0. The molecule has 2 aliphatic carbocycles. The first-order chi connectivity index (χ1) is 35.1. The van der Waals surface area contributed by atoms with E-state index in [1.807, 2.05) is 51.1 Å². The van der Waals surface area contributed by atoms with Gasteiger partial charge in [-0.2, -0.15) is 0 Å². The first-order valence-electron chi connectivity index (χ1n) is 24.9. The SMILES string of the molecule is C.CC(C)(C)NS(=O)(=O)c1cc(NC(=O)NBr)ccc1-c1cnc(C2CCC(N)CC2)s1.CC(C)(C)NS(=O)(=O)c1cc(NC(=O)NCc2ccccc2)ccc1-c1cnc(C2CCC(NC(=O)OC(C)(C)C)CC2)s1. The molecule has 0 saturated heterocycles. The van der Waals surface area contributed by atoms with Crippen molar-refractivity contribution in [1.29, 1.82) is 0 Å². The number of carbonyl (C=O) groups excluding carboxylic acids is 3. The fourth-order valence-corrected chi connectivity index (χ4v) is 14.4. The van der Waals surface area contributed by atoms with Gasteiger partial charge in [0.15, 0.2) is 0 Å². The number of urea groups is 2. The molecule has 7 rings (SSSR count). The van der Waals surface area contributed by atoms with E-state index in [9.17, 15) is 31.2 Å². The first kappa shape index (κ1) is 61.8. The van der Waals surface area contributed by atoms with Gasteiger partial charge in [0.2, 0.25) is 20.0 Å². The molecule has 416 valence electrons. The Balaban J connectivity index is 0.000000294. The second kappa shape index (κ2) is 26.1. The molecule has 23 heteroatoms. The van der Waals surface area contributed by atoms with Gasteiger partial charge in [0, 0.05) is 76.4 Å². The molecule has 2 fully saturated rings. The lowest BCUT2D eigenvalue weighted by Crippen LogP contribution is -2.40. The molecule has 0 unspecified atom stereocenters. The van der Waals surface area contributed by atoms with E-state index in [-0.39, 0.29) is 35.2 Å². The van der Waals surface area contributed by atoms with Gasteiger partial charge in [0.1, 0.15) is 5.60 Å². The lowest BCUT2D eigenvalue weighted by molar-refractivity contribution is 0.0491. The number of ether oxygens (including phenoxy) is 1. The van der Waals surface area contributed by atoms with Crippen LogP contribution in [-0.2, 0) is 31.3 Å². The standard InChI is InChI=1S/C32H43N5O5S2.C20H28BrN5O3S2.CH4/c1-31(2,3)37-44(40,41)27-18-24(35-29(38)34-19-21-10-8-7-9-11-21)16-17-25(27)26-20-33-28(43-26)22-12-14-23(15-13-22)36-30(39)42-32(4,5)6;1-20(2,3)26-31(28,29)17-10-14(24-19(27)25-21)8-9-15(17)16-11-23-18(30-16)12-4-6-13(22)7-5-12;/h7-11,16-18,20,22-23,37H,12-15,19H2,1-6H3,(H,36,39)(H2,34,35,38);8-13,26H,4-7,22H2,1-3H3,(H2,24,25,27);1H4. The van der Waals surface area contributed by atoms with Crippen LogP contribution in [0.15, 0.2) is 88.9 Å². The number of nitrogens with zero attached hydrogens (tertiary/aromatic N) is 2. The van der Waals surface area contributed by atoms with E-state index in [0.717, 1.165) is 76.7 Å². The van der Waals surface area contributed by atoms with Crippen LogP contribution in [0.5, 0.6) is 0 Å². The number of hydrogen-bond acceptors (Lipinski definition) is 13. The maximum atomic E-state index is 13.6. The molecule has 3 aromatic carbocycles. The number of sulfonamides is 2. The van der Waals surface area contributed by atoms with Crippen molar-refractivity contribution in [3.05, 3.63) is 94.7 Å². The second-order valence-corrected chi connectivity index (χ2v) is 27.7. The Morgan fingerprint density at radius 3 is 1.54 bits per heavy atom. The molecule has 2 saturated carbocycles. The van der Waals surface area contributed by atoms with Crippen molar-refractivity contribution in [2.75, 3.05) is 10.6 Å². The molecule has 2 aliphatic rings. The van der Waals surface area contributed by atoms with E-state index < -0.39 is 54.9 Å². The highest BCUT2D eigenvalue weighted by Gasteiger charge is 2.31. The van der Waals surface area contributed by atoms with Crippen LogP contribution in [0.25, 0.3) is 20.9 Å². The van der Waals surface area contributed by atoms with Crippen molar-refractivity contribution in [2.24, 2.45) is 5.73 Å². The molecule has 0 bridgehead atoms. The Bertz CT molecular complexity index is 2990. The van der Waals surface area contributed by atoms with Crippen LogP contribution in [0.3, 0.4) is 0 Å². The van der Waals surface area contributed by atoms with Crippen LogP contribution in [0.1, 0.15) is 149 Å². The van der Waals surface area contributed by atoms with Gasteiger partial charge in [-0.05, 0) is 144 Å². The van der Waals surface area contributed by atoms with Crippen LogP contribution >= 0.6 is 38.8 Å². The van der Waals surface area contributed by atoms with Gasteiger partial charge in [-0.15, -0.1) is 22.7 Å². The van der Waals surface area contributed by atoms with Crippen LogP contribution < -0.4 is 40.8 Å². The highest BCUT2D eigenvalue weighted by Crippen LogP contribution is 2.42. The molecular weight excluding hydrogens is 1110 g/mol. The number of aromatic nitrogens is 2. The van der Waals surface area contributed by atoms with Crippen LogP contribution in [0, 0.1) is 0 Å². The normalized spacial score (nSPS) is 18.2. The predicted molar refractivity (Wildman–Crippen MR) is 309 cm³/mol. The second-order valence-electron chi connectivity index (χ2n) is 21.9. The maximum Gasteiger partial charge on any atom is 0.407 e. The highest BCUT2D eigenvalue weighted by atomic mass is 79.9. The molecule has 0 radical (unpaired) electrons. The summed E-state index contributed by atoms with van der Waals surface area (Å²) in [6, 6.07) is 18.6. The van der Waals surface area contributed by atoms with E-state index in [1.54, 1.807) is 78.2 Å². The summed E-state index contributed by atoms with van der Waals surface area (Å²) in [6.07, 6.45) is 10.3. The zero-order chi connectivity index (χ0) is 54.9. The number of nitrogens with two attached hydrogens (primary N) is 1. The van der Waals surface area contributed by atoms with Crippen molar-refractivity contribution in [1.82, 2.24) is 34.4 Å². The number of rotatable bonds is 13. The van der Waals surface area contributed by atoms with Gasteiger partial charge < -0.3 is 31.7 Å². The molecular formula is C53H75BrN10O8S4. The fourth-order valence-electron chi connectivity index (χ4n) is 8.60. The smallest absolute Gasteiger partial charge is 0.407 e. The van der Waals surface area contributed by atoms with Crippen LogP contribution in [0.2, 0.25) is 0 Å². The van der Waals surface area contributed by atoms with Gasteiger partial charge in [-0.1, -0.05) is 49.9 Å². The van der Waals surface area contributed by atoms with Crippen LogP contribution in [-0.4, -0.2) is 73.7 Å². The summed E-state index contributed by atoms with van der Waals surface area (Å²) in [5, 5.41) is 13.1. The minimum Gasteiger partial charge on any atom is -0.444 e. The number of alkyl carbamates (subject to hydrolysis) is 1. The third-order valence-corrected chi connectivity index (χ3v) is 18.2. The highest BCUT2D eigenvalue weighted by molar-refractivity contribution is 9.08. The summed E-state index contributed by atoms with van der Waals surface area (Å²) in [4.78, 5) is 47.4. The Labute approximate surface area is 465 Å². The average Bonchev–Trinajstić information content (AvgIpc) is 4.02. The van der Waals surface area contributed by atoms with Gasteiger partial charge in [0.25, 0.3) is 0 Å². The summed E-state index contributed by atoms with van der Waals surface area (Å²) in [6.45, 7) is 16.5. The summed E-state index contributed by atoms with van der Waals surface area (Å²) in [5.41, 5.74) is 6.84. The number of nitrogens with one attached hydrogen (secondary N) is 7. The van der Waals surface area contributed by atoms with E-state index in [4.69, 9.17) is 10.5 Å². The quantitative estimate of drug-likeness (QED) is 0.0514. The Morgan fingerprint density at radius 1 is 0.658 bits per heavy atom. The lowest BCUT2D eigenvalue weighted by atomic mass is 9.86. The van der Waals surface area contributed by atoms with Crippen molar-refractivity contribution in [3.8, 4) is 20.9 Å². The van der Waals surface area contributed by atoms with Crippen molar-refractivity contribution in [3.63, 3.8) is 0 Å². The number of carbonyl (C=O) groups is 3. The van der Waals surface area contributed by atoms with Crippen molar-refractivity contribution >= 4 is 88.4 Å². The zero-order valence-electron chi connectivity index (χ0n) is 43.9. The Hall–Kier alpha value is -5.01. The number of halogens is 1. The number of anilines is 2. The summed E-state index contributed by atoms with van der Waals surface area (Å²) < 4.78 is 66.8. The van der Waals surface area contributed by atoms with Crippen molar-refractivity contribution < 1.29 is 36.0 Å². The van der Waals surface area contributed by atoms with Gasteiger partial charge in [-0.3, -0.25) is 4.34 Å². The third-order valence-electron chi connectivity index (χ3n) is 11.8. The molecule has 0 aliphatic heterocycles. The van der Waals surface area contributed by atoms with Gasteiger partial charge in [0.05, 0.1) is 45.7 Å². The van der Waals surface area contributed by atoms with E-state index in [1.165, 1.54) is 34.8 Å². The minimum atomic E-state index is -3.95. The largest absolute Gasteiger partial charge is 0.444 e. The van der Waals surface area contributed by atoms with Crippen LogP contribution in [0.4, 0.5) is 25.8 Å². The molecule has 5 aromatic rings. The number of hydrogen-bond donors (Lipinski definition) is 8. The molecule has 9 N–H and O–H groups in total. The van der Waals surface area contributed by atoms with Gasteiger partial charge in [-0.25, -0.2) is 50.6 Å². The summed E-state index contributed by atoms with van der Waals surface area (Å²) in [5.74, 6) is 0.572. The van der Waals surface area contributed by atoms with E-state index in [2.05, 4.69) is 61.2 Å². The van der Waals surface area contributed by atoms with E-state index in [0.29, 0.717) is 35.0 Å². The molecule has 0 spiro atoms. The van der Waals surface area contributed by atoms with E-state index >= 15 is 0 Å².